The Kier molecular flexibility index (Phi) is 5.09. The molecule has 5 heteroatoms. The van der Waals surface area contributed by atoms with Crippen LogP contribution in [0.25, 0.3) is 0 Å². The van der Waals surface area contributed by atoms with Crippen molar-refractivity contribution in [2.24, 2.45) is 0 Å². The van der Waals surface area contributed by atoms with Gasteiger partial charge < -0.3 is 9.64 Å². The standard InChI is InChI=1S/C11H13BrClNO2/c1-14(6-5-13)11(15)9-4-3-8(12)7-10(9)16-2/h3-4,7H,5-6H2,1-2H3. The minimum absolute atomic E-state index is 0.0926. The van der Waals surface area contributed by atoms with Crippen molar-refractivity contribution in [1.82, 2.24) is 4.90 Å². The molecular weight excluding hydrogens is 293 g/mol. The SMILES string of the molecule is COc1cc(Br)ccc1C(=O)N(C)CCCl. The number of carbonyl (C=O) groups is 1. The van der Waals surface area contributed by atoms with Crippen LogP contribution < -0.4 is 4.74 Å². The van der Waals surface area contributed by atoms with E-state index in [2.05, 4.69) is 15.9 Å². The van der Waals surface area contributed by atoms with Crippen LogP contribution in [0, 0.1) is 0 Å². The van der Waals surface area contributed by atoms with Gasteiger partial charge in [-0.25, -0.2) is 0 Å². The lowest BCUT2D eigenvalue weighted by molar-refractivity contribution is 0.0800. The fourth-order valence-electron chi connectivity index (χ4n) is 1.28. The molecule has 0 heterocycles. The zero-order valence-corrected chi connectivity index (χ0v) is 11.5. The molecule has 0 saturated carbocycles. The van der Waals surface area contributed by atoms with Gasteiger partial charge in [0, 0.05) is 23.9 Å². The summed E-state index contributed by atoms with van der Waals surface area (Å²) in [7, 11) is 3.26. The fourth-order valence-corrected chi connectivity index (χ4v) is 1.87. The molecule has 0 aliphatic carbocycles. The van der Waals surface area contributed by atoms with Gasteiger partial charge in [-0.1, -0.05) is 15.9 Å². The molecule has 16 heavy (non-hydrogen) atoms. The first-order chi connectivity index (χ1) is 7.60. The zero-order chi connectivity index (χ0) is 12.1. The lowest BCUT2D eigenvalue weighted by atomic mass is 10.2. The normalized spacial score (nSPS) is 10.0. The molecule has 1 amide bonds. The van der Waals surface area contributed by atoms with Crippen molar-refractivity contribution in [3.8, 4) is 5.75 Å². The van der Waals surface area contributed by atoms with E-state index >= 15 is 0 Å². The van der Waals surface area contributed by atoms with Crippen LogP contribution in [-0.4, -0.2) is 37.4 Å². The molecule has 3 nitrogen and oxygen atoms in total. The van der Waals surface area contributed by atoms with Gasteiger partial charge in [0.25, 0.3) is 5.91 Å². The van der Waals surface area contributed by atoms with E-state index in [1.54, 1.807) is 31.2 Å². The van der Waals surface area contributed by atoms with Crippen LogP contribution in [0.5, 0.6) is 5.75 Å². The second-order valence-corrected chi connectivity index (χ2v) is 4.55. The first-order valence-corrected chi connectivity index (χ1v) is 6.08. The van der Waals surface area contributed by atoms with Crippen LogP contribution in [0.1, 0.15) is 10.4 Å². The molecular formula is C11H13BrClNO2. The van der Waals surface area contributed by atoms with E-state index in [0.717, 1.165) is 4.47 Å². The van der Waals surface area contributed by atoms with Gasteiger partial charge in [-0.15, -0.1) is 11.6 Å². The monoisotopic (exact) mass is 305 g/mol. The summed E-state index contributed by atoms with van der Waals surface area (Å²) >= 11 is 8.92. The maximum atomic E-state index is 12.0. The number of ether oxygens (including phenoxy) is 1. The van der Waals surface area contributed by atoms with E-state index in [9.17, 15) is 4.79 Å². The summed E-state index contributed by atoms with van der Waals surface area (Å²) in [5, 5.41) is 0. The molecule has 0 N–H and O–H groups in total. The van der Waals surface area contributed by atoms with E-state index in [-0.39, 0.29) is 5.91 Å². The van der Waals surface area contributed by atoms with Gasteiger partial charge >= 0.3 is 0 Å². The molecule has 0 radical (unpaired) electrons. The quantitative estimate of drug-likeness (QED) is 0.801. The summed E-state index contributed by atoms with van der Waals surface area (Å²) < 4.78 is 6.04. The highest BCUT2D eigenvalue weighted by Gasteiger charge is 2.16. The number of rotatable bonds is 4. The summed E-state index contributed by atoms with van der Waals surface area (Å²) in [6, 6.07) is 5.31. The minimum Gasteiger partial charge on any atom is -0.496 e. The van der Waals surface area contributed by atoms with Gasteiger partial charge in [0.1, 0.15) is 5.75 Å². The van der Waals surface area contributed by atoms with Crippen LogP contribution in [-0.2, 0) is 0 Å². The number of methoxy groups -OCH3 is 1. The predicted molar refractivity (Wildman–Crippen MR) is 68.4 cm³/mol. The fraction of sp³-hybridized carbons (Fsp3) is 0.364. The molecule has 1 aromatic rings. The van der Waals surface area contributed by atoms with Gasteiger partial charge in [0.15, 0.2) is 0 Å². The van der Waals surface area contributed by atoms with Crippen molar-refractivity contribution >= 4 is 33.4 Å². The molecule has 88 valence electrons. The first-order valence-electron chi connectivity index (χ1n) is 4.75. The van der Waals surface area contributed by atoms with Crippen LogP contribution in [0.3, 0.4) is 0 Å². The van der Waals surface area contributed by atoms with Gasteiger partial charge in [0.2, 0.25) is 0 Å². The number of hydrogen-bond acceptors (Lipinski definition) is 2. The maximum Gasteiger partial charge on any atom is 0.257 e. The number of carbonyl (C=O) groups excluding carboxylic acids is 1. The molecule has 0 aliphatic heterocycles. The number of nitrogens with zero attached hydrogens (tertiary/aromatic N) is 1. The summed E-state index contributed by atoms with van der Waals surface area (Å²) in [6.45, 7) is 0.513. The number of amides is 1. The smallest absolute Gasteiger partial charge is 0.257 e. The predicted octanol–water partition coefficient (Wildman–Crippen LogP) is 2.77. The molecule has 1 aromatic carbocycles. The molecule has 0 saturated heterocycles. The van der Waals surface area contributed by atoms with Crippen LogP contribution >= 0.6 is 27.5 Å². The van der Waals surface area contributed by atoms with Gasteiger partial charge in [-0.05, 0) is 18.2 Å². The van der Waals surface area contributed by atoms with Crippen molar-refractivity contribution in [3.05, 3.63) is 28.2 Å². The third kappa shape index (κ3) is 3.12. The highest BCUT2D eigenvalue weighted by molar-refractivity contribution is 9.10. The van der Waals surface area contributed by atoms with E-state index < -0.39 is 0 Å². The number of benzene rings is 1. The second kappa shape index (κ2) is 6.11. The Morgan fingerprint density at radius 3 is 2.81 bits per heavy atom. The first kappa shape index (κ1) is 13.3. The molecule has 0 aromatic heterocycles. The third-order valence-corrected chi connectivity index (χ3v) is 2.82. The summed E-state index contributed by atoms with van der Waals surface area (Å²) in [6.07, 6.45) is 0. The highest BCUT2D eigenvalue weighted by atomic mass is 79.9. The second-order valence-electron chi connectivity index (χ2n) is 3.26. The largest absolute Gasteiger partial charge is 0.496 e. The molecule has 0 unspecified atom stereocenters. The maximum absolute atomic E-state index is 12.0. The topological polar surface area (TPSA) is 29.5 Å². The third-order valence-electron chi connectivity index (χ3n) is 2.16. The number of alkyl halides is 1. The average Bonchev–Trinajstić information content (AvgIpc) is 2.28. The molecule has 0 bridgehead atoms. The molecule has 0 atom stereocenters. The Morgan fingerprint density at radius 2 is 2.25 bits per heavy atom. The van der Waals surface area contributed by atoms with Gasteiger partial charge in [0.05, 0.1) is 12.7 Å². The highest BCUT2D eigenvalue weighted by Crippen LogP contribution is 2.24. The lowest BCUT2D eigenvalue weighted by Crippen LogP contribution is -2.28. The van der Waals surface area contributed by atoms with Crippen molar-refractivity contribution in [3.63, 3.8) is 0 Å². The lowest BCUT2D eigenvalue weighted by Gasteiger charge is -2.17. The van der Waals surface area contributed by atoms with Crippen molar-refractivity contribution in [1.29, 1.82) is 0 Å². The molecule has 0 aliphatic rings. The Morgan fingerprint density at radius 1 is 1.56 bits per heavy atom. The van der Waals surface area contributed by atoms with Crippen molar-refractivity contribution < 1.29 is 9.53 Å². The minimum atomic E-state index is -0.0926. The van der Waals surface area contributed by atoms with Crippen molar-refractivity contribution in [2.75, 3.05) is 26.6 Å². The van der Waals surface area contributed by atoms with Crippen LogP contribution in [0.15, 0.2) is 22.7 Å². The molecule has 0 fully saturated rings. The van der Waals surface area contributed by atoms with Crippen LogP contribution in [0.4, 0.5) is 0 Å². The Labute approximate surface area is 108 Å². The van der Waals surface area contributed by atoms with Crippen molar-refractivity contribution in [2.45, 2.75) is 0 Å². The van der Waals surface area contributed by atoms with Crippen LogP contribution in [0.2, 0.25) is 0 Å². The van der Waals surface area contributed by atoms with Gasteiger partial charge in [-0.2, -0.15) is 0 Å². The Bertz CT molecular complexity index is 384. The van der Waals surface area contributed by atoms with E-state index in [0.29, 0.717) is 23.7 Å². The number of halogens is 2. The zero-order valence-electron chi connectivity index (χ0n) is 9.17. The molecule has 0 spiro atoms. The summed E-state index contributed by atoms with van der Waals surface area (Å²) in [5.74, 6) is 0.881. The van der Waals surface area contributed by atoms with Gasteiger partial charge in [-0.3, -0.25) is 4.79 Å². The van der Waals surface area contributed by atoms with E-state index in [4.69, 9.17) is 16.3 Å². The number of hydrogen-bond donors (Lipinski definition) is 0. The van der Waals surface area contributed by atoms with E-state index in [1.165, 1.54) is 0 Å². The average molecular weight is 307 g/mol. The summed E-state index contributed by atoms with van der Waals surface area (Å²) in [5.41, 5.74) is 0.540. The Hall–Kier alpha value is -0.740. The molecule has 1 rings (SSSR count). The van der Waals surface area contributed by atoms with E-state index in [1.807, 2.05) is 6.07 Å². The Balaban J connectivity index is 2.98. The summed E-state index contributed by atoms with van der Waals surface area (Å²) in [4.78, 5) is 13.6.